The molecule has 0 radical (unpaired) electrons. The van der Waals surface area contributed by atoms with Crippen LogP contribution in [0.25, 0.3) is 0 Å². The first-order valence-electron chi connectivity index (χ1n) is 8.91. The Kier molecular flexibility index (Phi) is 4.85. The number of aliphatic hydroxyl groups is 1. The Bertz CT molecular complexity index is 721. The van der Waals surface area contributed by atoms with Gasteiger partial charge in [-0.2, -0.15) is 0 Å². The molecule has 4 rings (SSSR count). The summed E-state index contributed by atoms with van der Waals surface area (Å²) in [6.07, 6.45) is -0.175. The molecule has 0 amide bonds. The Balaban J connectivity index is 1.83. The maximum absolute atomic E-state index is 9.28. The van der Waals surface area contributed by atoms with E-state index in [0.29, 0.717) is 6.61 Å². The van der Waals surface area contributed by atoms with Crippen molar-refractivity contribution in [3.63, 3.8) is 0 Å². The molecule has 1 saturated heterocycles. The van der Waals surface area contributed by atoms with Gasteiger partial charge in [-0.15, -0.1) is 0 Å². The predicted molar refractivity (Wildman–Crippen MR) is 101 cm³/mol. The second-order valence-corrected chi connectivity index (χ2v) is 6.49. The highest BCUT2D eigenvalue weighted by atomic mass is 16.6. The Morgan fingerprint density at radius 3 is 1.46 bits per heavy atom. The lowest BCUT2D eigenvalue weighted by Gasteiger charge is -2.35. The van der Waals surface area contributed by atoms with Gasteiger partial charge >= 0.3 is 0 Å². The van der Waals surface area contributed by atoms with Crippen molar-refractivity contribution < 1.29 is 14.6 Å². The summed E-state index contributed by atoms with van der Waals surface area (Å²) < 4.78 is 12.1. The van der Waals surface area contributed by atoms with Gasteiger partial charge in [0.25, 0.3) is 0 Å². The molecule has 1 N–H and O–H groups in total. The highest BCUT2D eigenvalue weighted by Gasteiger charge is 2.43. The largest absolute Gasteiger partial charge is 0.394 e. The molecular weight excluding hydrogens is 324 g/mol. The summed E-state index contributed by atoms with van der Waals surface area (Å²) in [6, 6.07) is 30.8. The van der Waals surface area contributed by atoms with E-state index in [4.69, 9.17) is 9.47 Å². The smallest absolute Gasteiger partial charge is 0.143 e. The molecule has 26 heavy (non-hydrogen) atoms. The van der Waals surface area contributed by atoms with Crippen LogP contribution in [0.5, 0.6) is 0 Å². The van der Waals surface area contributed by atoms with Gasteiger partial charge < -0.3 is 14.6 Å². The third kappa shape index (κ3) is 3.17. The topological polar surface area (TPSA) is 42.0 Å². The van der Waals surface area contributed by atoms with E-state index in [-0.39, 0.29) is 18.8 Å². The van der Waals surface area contributed by atoms with E-state index in [9.17, 15) is 5.11 Å². The van der Waals surface area contributed by atoms with Gasteiger partial charge in [-0.05, 0) is 16.7 Å². The van der Waals surface area contributed by atoms with Crippen molar-refractivity contribution >= 4 is 0 Å². The SMILES string of the molecule is OC[C@H]1O[C@H]1COC(c1ccccc1)(c1ccccc1)c1ccccc1. The zero-order valence-electron chi connectivity index (χ0n) is 14.5. The minimum absolute atomic E-state index is 0.0308. The molecular formula is C23H22O3. The maximum Gasteiger partial charge on any atom is 0.143 e. The van der Waals surface area contributed by atoms with Crippen molar-refractivity contribution in [2.24, 2.45) is 0 Å². The second-order valence-electron chi connectivity index (χ2n) is 6.49. The normalized spacial score (nSPS) is 19.3. The molecule has 1 aliphatic rings. The van der Waals surface area contributed by atoms with E-state index >= 15 is 0 Å². The van der Waals surface area contributed by atoms with E-state index in [1.54, 1.807) is 0 Å². The van der Waals surface area contributed by atoms with E-state index in [0.717, 1.165) is 16.7 Å². The fourth-order valence-electron chi connectivity index (χ4n) is 3.46. The summed E-state index contributed by atoms with van der Waals surface area (Å²) >= 11 is 0. The van der Waals surface area contributed by atoms with Crippen LogP contribution < -0.4 is 0 Å². The summed E-state index contributed by atoms with van der Waals surface area (Å²) in [4.78, 5) is 0. The Labute approximate surface area is 153 Å². The highest BCUT2D eigenvalue weighted by Crippen LogP contribution is 2.41. The number of benzene rings is 3. The molecule has 3 nitrogen and oxygen atoms in total. The molecule has 3 aromatic rings. The van der Waals surface area contributed by atoms with Crippen LogP contribution in [-0.2, 0) is 15.1 Å². The molecule has 3 aromatic carbocycles. The van der Waals surface area contributed by atoms with Crippen molar-refractivity contribution in [2.75, 3.05) is 13.2 Å². The highest BCUT2D eigenvalue weighted by molar-refractivity contribution is 5.47. The fraction of sp³-hybridized carbons (Fsp3) is 0.217. The van der Waals surface area contributed by atoms with Crippen LogP contribution >= 0.6 is 0 Å². The number of aliphatic hydroxyl groups excluding tert-OH is 1. The lowest BCUT2D eigenvalue weighted by Crippen LogP contribution is -2.34. The van der Waals surface area contributed by atoms with Crippen LogP contribution in [0.4, 0.5) is 0 Å². The van der Waals surface area contributed by atoms with E-state index < -0.39 is 5.60 Å². The van der Waals surface area contributed by atoms with Gasteiger partial charge in [-0.3, -0.25) is 0 Å². The number of epoxide rings is 1. The standard InChI is InChI=1S/C23H22O3/c24-16-21-22(26-21)17-25-23(18-10-4-1-5-11-18,19-12-6-2-7-13-19)20-14-8-3-9-15-20/h1-15,21-22,24H,16-17H2/t21-,22+/m1/s1. The molecule has 0 bridgehead atoms. The molecule has 3 heteroatoms. The number of rotatable bonds is 7. The Morgan fingerprint density at radius 2 is 1.12 bits per heavy atom. The number of ether oxygens (including phenoxy) is 2. The maximum atomic E-state index is 9.28. The van der Waals surface area contributed by atoms with Crippen LogP contribution in [0.1, 0.15) is 16.7 Å². The predicted octanol–water partition coefficient (Wildman–Crippen LogP) is 3.75. The van der Waals surface area contributed by atoms with Gasteiger partial charge in [0.05, 0.1) is 13.2 Å². The van der Waals surface area contributed by atoms with Crippen LogP contribution in [0, 0.1) is 0 Å². The minimum atomic E-state index is -0.726. The van der Waals surface area contributed by atoms with Crippen LogP contribution in [0.15, 0.2) is 91.0 Å². The molecule has 132 valence electrons. The van der Waals surface area contributed by atoms with E-state index in [1.165, 1.54) is 0 Å². The lowest BCUT2D eigenvalue weighted by atomic mass is 9.80. The second kappa shape index (κ2) is 7.42. The van der Waals surface area contributed by atoms with E-state index in [2.05, 4.69) is 36.4 Å². The molecule has 0 spiro atoms. The first-order chi connectivity index (χ1) is 12.8. The molecule has 0 unspecified atom stereocenters. The quantitative estimate of drug-likeness (QED) is 0.523. The minimum Gasteiger partial charge on any atom is -0.394 e. The fourth-order valence-corrected chi connectivity index (χ4v) is 3.46. The first-order valence-corrected chi connectivity index (χ1v) is 8.91. The van der Waals surface area contributed by atoms with Crippen molar-refractivity contribution in [2.45, 2.75) is 17.8 Å². The zero-order chi connectivity index (χ0) is 17.8. The molecule has 0 saturated carbocycles. The van der Waals surface area contributed by atoms with Crippen LogP contribution in [-0.4, -0.2) is 30.5 Å². The average molecular weight is 346 g/mol. The summed E-state index contributed by atoms with van der Waals surface area (Å²) in [7, 11) is 0. The van der Waals surface area contributed by atoms with Gasteiger partial charge in [-0.25, -0.2) is 0 Å². The van der Waals surface area contributed by atoms with Crippen LogP contribution in [0.2, 0.25) is 0 Å². The molecule has 0 aliphatic carbocycles. The van der Waals surface area contributed by atoms with Crippen molar-refractivity contribution in [1.29, 1.82) is 0 Å². The monoisotopic (exact) mass is 346 g/mol. The summed E-state index contributed by atoms with van der Waals surface area (Å²) in [6.45, 7) is 0.451. The molecule has 1 fully saturated rings. The third-order valence-corrected chi connectivity index (χ3v) is 4.87. The van der Waals surface area contributed by atoms with Crippen molar-refractivity contribution in [3.8, 4) is 0 Å². The van der Waals surface area contributed by atoms with E-state index in [1.807, 2.05) is 54.6 Å². The lowest BCUT2D eigenvalue weighted by molar-refractivity contribution is 0.00425. The number of hydrogen-bond donors (Lipinski definition) is 1. The molecule has 0 aromatic heterocycles. The van der Waals surface area contributed by atoms with Gasteiger partial charge in [0.15, 0.2) is 0 Å². The van der Waals surface area contributed by atoms with Crippen molar-refractivity contribution in [3.05, 3.63) is 108 Å². The van der Waals surface area contributed by atoms with Crippen LogP contribution in [0.3, 0.4) is 0 Å². The summed E-state index contributed by atoms with van der Waals surface area (Å²) in [5.41, 5.74) is 2.48. The Morgan fingerprint density at radius 1 is 0.692 bits per heavy atom. The van der Waals surface area contributed by atoms with Gasteiger partial charge in [0.2, 0.25) is 0 Å². The van der Waals surface area contributed by atoms with Crippen molar-refractivity contribution in [1.82, 2.24) is 0 Å². The molecule has 1 aliphatic heterocycles. The zero-order valence-corrected chi connectivity index (χ0v) is 14.5. The average Bonchev–Trinajstić information content (AvgIpc) is 3.50. The molecule has 2 atom stereocenters. The third-order valence-electron chi connectivity index (χ3n) is 4.87. The Hall–Kier alpha value is -2.46. The summed E-state index contributed by atoms with van der Waals surface area (Å²) in [5, 5.41) is 9.28. The van der Waals surface area contributed by atoms with Gasteiger partial charge in [-0.1, -0.05) is 91.0 Å². The van der Waals surface area contributed by atoms with Gasteiger partial charge in [0.1, 0.15) is 17.8 Å². The number of hydrogen-bond acceptors (Lipinski definition) is 3. The first kappa shape index (κ1) is 17.0. The molecule has 1 heterocycles. The van der Waals surface area contributed by atoms with Gasteiger partial charge in [0, 0.05) is 0 Å². The summed E-state index contributed by atoms with van der Waals surface area (Å²) in [5.74, 6) is 0.